The van der Waals surface area contributed by atoms with E-state index in [1.54, 1.807) is 6.20 Å². The van der Waals surface area contributed by atoms with Crippen LogP contribution in [-0.4, -0.2) is 17.6 Å². The summed E-state index contributed by atoms with van der Waals surface area (Å²) in [6.45, 7) is 7.58. The Labute approximate surface area is 109 Å². The van der Waals surface area contributed by atoms with E-state index in [4.69, 9.17) is 5.73 Å². The summed E-state index contributed by atoms with van der Waals surface area (Å²) in [5, 5.41) is 2.18. The highest BCUT2D eigenvalue weighted by Crippen LogP contribution is 2.32. The van der Waals surface area contributed by atoms with Crippen molar-refractivity contribution < 1.29 is 0 Å². The number of hydrogen-bond acceptors (Lipinski definition) is 3. The van der Waals surface area contributed by atoms with E-state index in [2.05, 4.69) is 42.8 Å². The van der Waals surface area contributed by atoms with Gasteiger partial charge in [0.1, 0.15) is 0 Å². The van der Waals surface area contributed by atoms with Gasteiger partial charge in [-0.05, 0) is 32.4 Å². The number of nitrogen functional groups attached to an aromatic ring is 1. The van der Waals surface area contributed by atoms with Gasteiger partial charge >= 0.3 is 0 Å². The molecule has 1 heterocycles. The van der Waals surface area contributed by atoms with Crippen LogP contribution < -0.4 is 10.6 Å². The lowest BCUT2D eigenvalue weighted by Gasteiger charge is -2.31. The third-order valence-electron chi connectivity index (χ3n) is 3.61. The number of rotatable bonds is 4. The van der Waals surface area contributed by atoms with Crippen LogP contribution in [0.5, 0.6) is 0 Å². The Morgan fingerprint density at radius 2 is 2.06 bits per heavy atom. The molecule has 0 radical (unpaired) electrons. The second kappa shape index (κ2) is 5.25. The maximum atomic E-state index is 6.32. The SMILES string of the molecule is CCC(C)N(CC)c1ccc2cnccc2c1N. The highest BCUT2D eigenvalue weighted by atomic mass is 15.2. The van der Waals surface area contributed by atoms with Gasteiger partial charge in [0.05, 0.1) is 11.4 Å². The Bertz CT molecular complexity index is 536. The van der Waals surface area contributed by atoms with Crippen molar-refractivity contribution in [1.82, 2.24) is 4.98 Å². The fourth-order valence-corrected chi connectivity index (χ4v) is 2.37. The Morgan fingerprint density at radius 1 is 1.28 bits per heavy atom. The van der Waals surface area contributed by atoms with Crippen LogP contribution in [0.2, 0.25) is 0 Å². The first-order valence-electron chi connectivity index (χ1n) is 6.57. The maximum absolute atomic E-state index is 6.32. The number of hydrogen-bond donors (Lipinski definition) is 1. The summed E-state index contributed by atoms with van der Waals surface area (Å²) in [5.41, 5.74) is 8.31. The third-order valence-corrected chi connectivity index (χ3v) is 3.61. The van der Waals surface area contributed by atoms with Gasteiger partial charge in [-0.25, -0.2) is 0 Å². The summed E-state index contributed by atoms with van der Waals surface area (Å²) in [6.07, 6.45) is 4.76. The van der Waals surface area contributed by atoms with Crippen LogP contribution in [-0.2, 0) is 0 Å². The molecular formula is C15H21N3. The van der Waals surface area contributed by atoms with Crippen molar-refractivity contribution >= 4 is 22.1 Å². The Kier molecular flexibility index (Phi) is 3.70. The zero-order chi connectivity index (χ0) is 13.1. The van der Waals surface area contributed by atoms with Gasteiger partial charge < -0.3 is 10.6 Å². The van der Waals surface area contributed by atoms with Crippen molar-refractivity contribution in [2.45, 2.75) is 33.2 Å². The molecule has 0 aliphatic heterocycles. The van der Waals surface area contributed by atoms with Crippen molar-refractivity contribution in [3.8, 4) is 0 Å². The van der Waals surface area contributed by atoms with Crippen LogP contribution in [0.15, 0.2) is 30.6 Å². The van der Waals surface area contributed by atoms with Gasteiger partial charge in [0, 0.05) is 35.8 Å². The van der Waals surface area contributed by atoms with E-state index in [1.807, 2.05) is 12.3 Å². The average molecular weight is 243 g/mol. The van der Waals surface area contributed by atoms with E-state index in [9.17, 15) is 0 Å². The quantitative estimate of drug-likeness (QED) is 0.836. The fourth-order valence-electron chi connectivity index (χ4n) is 2.37. The number of nitrogens with two attached hydrogens (primary N) is 1. The Balaban J connectivity index is 2.54. The number of benzene rings is 1. The van der Waals surface area contributed by atoms with Crippen molar-refractivity contribution in [1.29, 1.82) is 0 Å². The molecule has 18 heavy (non-hydrogen) atoms. The lowest BCUT2D eigenvalue weighted by molar-refractivity contribution is 0.631. The summed E-state index contributed by atoms with van der Waals surface area (Å²) >= 11 is 0. The first kappa shape index (κ1) is 12.7. The van der Waals surface area contributed by atoms with Gasteiger partial charge in [-0.1, -0.05) is 13.0 Å². The number of anilines is 2. The van der Waals surface area contributed by atoms with Gasteiger partial charge in [0.15, 0.2) is 0 Å². The molecule has 0 spiro atoms. The minimum Gasteiger partial charge on any atom is -0.397 e. The maximum Gasteiger partial charge on any atom is 0.0632 e. The van der Waals surface area contributed by atoms with Crippen LogP contribution in [0.25, 0.3) is 10.8 Å². The minimum atomic E-state index is 0.497. The summed E-state index contributed by atoms with van der Waals surface area (Å²) in [7, 11) is 0. The molecule has 0 aliphatic rings. The molecule has 96 valence electrons. The average Bonchev–Trinajstić information content (AvgIpc) is 2.42. The zero-order valence-corrected chi connectivity index (χ0v) is 11.4. The highest BCUT2D eigenvalue weighted by Gasteiger charge is 2.15. The van der Waals surface area contributed by atoms with Gasteiger partial charge in [-0.2, -0.15) is 0 Å². The summed E-state index contributed by atoms with van der Waals surface area (Å²) in [4.78, 5) is 6.49. The minimum absolute atomic E-state index is 0.497. The van der Waals surface area contributed by atoms with E-state index in [0.29, 0.717) is 6.04 Å². The highest BCUT2D eigenvalue weighted by molar-refractivity contribution is 5.98. The van der Waals surface area contributed by atoms with Gasteiger partial charge in [-0.3, -0.25) is 4.98 Å². The van der Waals surface area contributed by atoms with Crippen molar-refractivity contribution in [3.05, 3.63) is 30.6 Å². The Morgan fingerprint density at radius 3 is 2.72 bits per heavy atom. The fraction of sp³-hybridized carbons (Fsp3) is 0.400. The molecule has 2 aromatic rings. The topological polar surface area (TPSA) is 42.2 Å². The van der Waals surface area contributed by atoms with Gasteiger partial charge in [0.2, 0.25) is 0 Å². The molecule has 0 bridgehead atoms. The predicted octanol–water partition coefficient (Wildman–Crippen LogP) is 3.44. The first-order valence-corrected chi connectivity index (χ1v) is 6.57. The second-order valence-corrected chi connectivity index (χ2v) is 4.64. The monoisotopic (exact) mass is 243 g/mol. The molecule has 2 N–H and O–H groups in total. The standard InChI is InChI=1S/C15H21N3/c1-4-11(3)18(5-2)14-7-6-12-10-17-9-8-13(12)15(14)16/h6-11H,4-5,16H2,1-3H3. The Hall–Kier alpha value is -1.77. The van der Waals surface area contributed by atoms with Crippen molar-refractivity contribution in [3.63, 3.8) is 0 Å². The van der Waals surface area contributed by atoms with Crippen LogP contribution >= 0.6 is 0 Å². The van der Waals surface area contributed by atoms with Crippen LogP contribution in [0.3, 0.4) is 0 Å². The zero-order valence-electron chi connectivity index (χ0n) is 11.4. The van der Waals surface area contributed by atoms with E-state index < -0.39 is 0 Å². The molecule has 0 aliphatic carbocycles. The van der Waals surface area contributed by atoms with E-state index in [-0.39, 0.29) is 0 Å². The lowest BCUT2D eigenvalue weighted by atomic mass is 10.1. The van der Waals surface area contributed by atoms with Crippen LogP contribution in [0.4, 0.5) is 11.4 Å². The molecule has 1 aromatic heterocycles. The summed E-state index contributed by atoms with van der Waals surface area (Å²) in [5.74, 6) is 0. The first-order chi connectivity index (χ1) is 8.69. The van der Waals surface area contributed by atoms with Crippen LogP contribution in [0.1, 0.15) is 27.2 Å². The van der Waals surface area contributed by atoms with Crippen molar-refractivity contribution in [2.24, 2.45) is 0 Å². The van der Waals surface area contributed by atoms with E-state index in [0.717, 1.165) is 35.1 Å². The molecule has 0 saturated carbocycles. The smallest absolute Gasteiger partial charge is 0.0632 e. The summed E-state index contributed by atoms with van der Waals surface area (Å²) in [6, 6.07) is 6.68. The molecule has 1 unspecified atom stereocenters. The molecule has 1 atom stereocenters. The predicted molar refractivity (Wildman–Crippen MR) is 78.9 cm³/mol. The normalized spacial score (nSPS) is 12.6. The molecule has 3 nitrogen and oxygen atoms in total. The number of pyridine rings is 1. The summed E-state index contributed by atoms with van der Waals surface area (Å²) < 4.78 is 0. The van der Waals surface area contributed by atoms with Crippen LogP contribution in [0, 0.1) is 0 Å². The van der Waals surface area contributed by atoms with E-state index in [1.165, 1.54) is 0 Å². The molecule has 2 rings (SSSR count). The molecule has 0 saturated heterocycles. The molecule has 1 aromatic carbocycles. The third kappa shape index (κ3) is 2.13. The molecule has 3 heteroatoms. The lowest BCUT2D eigenvalue weighted by Crippen LogP contribution is -2.32. The van der Waals surface area contributed by atoms with Gasteiger partial charge in [-0.15, -0.1) is 0 Å². The molecule has 0 fully saturated rings. The number of aromatic nitrogens is 1. The number of fused-ring (bicyclic) bond motifs is 1. The van der Waals surface area contributed by atoms with Gasteiger partial charge in [0.25, 0.3) is 0 Å². The molecule has 0 amide bonds. The molecular weight excluding hydrogens is 222 g/mol. The number of nitrogens with zero attached hydrogens (tertiary/aromatic N) is 2. The van der Waals surface area contributed by atoms with E-state index >= 15 is 0 Å². The van der Waals surface area contributed by atoms with Crippen molar-refractivity contribution in [2.75, 3.05) is 17.2 Å². The largest absolute Gasteiger partial charge is 0.397 e. The second-order valence-electron chi connectivity index (χ2n) is 4.64.